The van der Waals surface area contributed by atoms with Crippen LogP contribution in [0.1, 0.15) is 32.1 Å². The molecular weight excluding hydrogens is 540 g/mol. The molecule has 0 unspecified atom stereocenters. The third kappa shape index (κ3) is 5.48. The van der Waals surface area contributed by atoms with Crippen LogP contribution >= 0.6 is 0 Å². The second-order valence-corrected chi connectivity index (χ2v) is 8.54. The van der Waals surface area contributed by atoms with Gasteiger partial charge in [0.1, 0.15) is 17.1 Å². The monoisotopic (exact) mass is 558 g/mol. The maximum absolute atomic E-state index is 14.4. The fourth-order valence-corrected chi connectivity index (χ4v) is 3.89. The molecule has 3 aromatic heterocycles. The van der Waals surface area contributed by atoms with Crippen molar-refractivity contribution in [1.29, 1.82) is 0 Å². The lowest BCUT2D eigenvalue weighted by Gasteiger charge is -2.11. The second kappa shape index (κ2) is 10.2. The number of fused-ring (bicyclic) bond motifs is 2. The zero-order valence-electron chi connectivity index (χ0n) is 20.5. The molecule has 40 heavy (non-hydrogen) atoms. The van der Waals surface area contributed by atoms with Gasteiger partial charge in [0.2, 0.25) is 0 Å². The molecule has 0 saturated carbocycles. The fraction of sp³-hybridized carbons (Fsp3) is 0.160. The van der Waals surface area contributed by atoms with E-state index in [0.717, 1.165) is 28.9 Å². The van der Waals surface area contributed by atoms with E-state index >= 15 is 0 Å². The summed E-state index contributed by atoms with van der Waals surface area (Å²) in [5.74, 6) is -3.40. The first-order chi connectivity index (χ1) is 19.0. The van der Waals surface area contributed by atoms with E-state index in [9.17, 15) is 31.9 Å². The summed E-state index contributed by atoms with van der Waals surface area (Å²) < 4.78 is 63.0. The summed E-state index contributed by atoms with van der Waals surface area (Å²) >= 11 is 0. The summed E-state index contributed by atoms with van der Waals surface area (Å²) in [4.78, 5) is 41.5. The van der Waals surface area contributed by atoms with Crippen molar-refractivity contribution in [2.24, 2.45) is 7.05 Å². The summed E-state index contributed by atoms with van der Waals surface area (Å²) in [5, 5.41) is 8.91. The summed E-state index contributed by atoms with van der Waals surface area (Å²) in [6, 6.07) is 11.0. The lowest BCUT2D eigenvalue weighted by Crippen LogP contribution is -2.28. The second-order valence-electron chi connectivity index (χ2n) is 8.54. The van der Waals surface area contributed by atoms with E-state index in [1.807, 2.05) is 0 Å². The lowest BCUT2D eigenvalue weighted by atomic mass is 10.2. The Bertz CT molecular complexity index is 1820. The Morgan fingerprint density at radius 3 is 2.50 bits per heavy atom. The summed E-state index contributed by atoms with van der Waals surface area (Å²) in [7, 11) is 1.54. The Kier molecular flexibility index (Phi) is 6.71. The van der Waals surface area contributed by atoms with Crippen molar-refractivity contribution in [3.05, 3.63) is 93.6 Å². The first-order valence-electron chi connectivity index (χ1n) is 11.5. The van der Waals surface area contributed by atoms with Gasteiger partial charge in [-0.15, -0.1) is 13.2 Å². The van der Waals surface area contributed by atoms with Gasteiger partial charge in [-0.2, -0.15) is 5.10 Å². The van der Waals surface area contributed by atoms with E-state index in [0.29, 0.717) is 16.7 Å². The predicted molar refractivity (Wildman–Crippen MR) is 130 cm³/mol. The molecule has 206 valence electrons. The molecule has 2 amide bonds. The van der Waals surface area contributed by atoms with E-state index < -0.39 is 35.5 Å². The molecule has 0 fully saturated rings. The molecule has 0 aliphatic carbocycles. The van der Waals surface area contributed by atoms with Crippen molar-refractivity contribution < 1.29 is 36.3 Å². The smallest absolute Gasteiger partial charge is 0.408 e. The SMILES string of the molecule is Cn1c(=O)oc2ccc(CNC(=O)c3cc(C(=O)NCc4cccc(OC(F)(F)F)c4)n4ncc(F)c4n3)cc21. The van der Waals surface area contributed by atoms with Gasteiger partial charge in [0.25, 0.3) is 11.8 Å². The van der Waals surface area contributed by atoms with Gasteiger partial charge < -0.3 is 19.8 Å². The topological polar surface area (TPSA) is 133 Å². The van der Waals surface area contributed by atoms with Gasteiger partial charge in [-0.25, -0.2) is 18.7 Å². The van der Waals surface area contributed by atoms with Crippen molar-refractivity contribution in [3.8, 4) is 5.75 Å². The molecule has 0 aliphatic rings. The minimum absolute atomic E-state index is 0.0145. The molecule has 5 aromatic rings. The van der Waals surface area contributed by atoms with Crippen molar-refractivity contribution in [2.75, 3.05) is 0 Å². The highest BCUT2D eigenvalue weighted by atomic mass is 19.4. The van der Waals surface area contributed by atoms with E-state index in [1.54, 1.807) is 18.2 Å². The first-order valence-corrected chi connectivity index (χ1v) is 11.5. The normalized spacial score (nSPS) is 11.6. The van der Waals surface area contributed by atoms with Crippen LogP contribution < -0.4 is 21.1 Å². The highest BCUT2D eigenvalue weighted by Crippen LogP contribution is 2.23. The minimum atomic E-state index is -4.88. The van der Waals surface area contributed by atoms with Crippen LogP contribution in [-0.2, 0) is 20.1 Å². The van der Waals surface area contributed by atoms with E-state index in [2.05, 4.69) is 25.5 Å². The first kappa shape index (κ1) is 26.4. The Labute approximate surface area is 221 Å². The molecule has 3 heterocycles. The molecular formula is C25H18F4N6O5. The largest absolute Gasteiger partial charge is 0.573 e. The number of halogens is 4. The number of nitrogens with one attached hydrogen (secondary N) is 2. The van der Waals surface area contributed by atoms with Gasteiger partial charge in [-0.3, -0.25) is 14.2 Å². The maximum atomic E-state index is 14.4. The number of oxazole rings is 1. The molecule has 0 atom stereocenters. The van der Waals surface area contributed by atoms with Crippen LogP contribution in [-0.4, -0.2) is 37.3 Å². The molecule has 15 heteroatoms. The van der Waals surface area contributed by atoms with Crippen LogP contribution in [0.5, 0.6) is 5.75 Å². The van der Waals surface area contributed by atoms with Crippen molar-refractivity contribution in [1.82, 2.24) is 29.8 Å². The average molecular weight is 558 g/mol. The van der Waals surface area contributed by atoms with E-state index in [-0.39, 0.29) is 35.7 Å². The Morgan fingerprint density at radius 1 is 1.02 bits per heavy atom. The highest BCUT2D eigenvalue weighted by Gasteiger charge is 2.31. The predicted octanol–water partition coefficient (Wildman–Crippen LogP) is 3.07. The third-order valence-electron chi connectivity index (χ3n) is 5.79. The van der Waals surface area contributed by atoms with Gasteiger partial charge in [0.05, 0.1) is 11.7 Å². The van der Waals surface area contributed by atoms with Gasteiger partial charge in [0, 0.05) is 26.2 Å². The Balaban J connectivity index is 1.34. The van der Waals surface area contributed by atoms with Crippen LogP contribution in [0.2, 0.25) is 0 Å². The summed E-state index contributed by atoms with van der Waals surface area (Å²) in [6.45, 7) is -0.192. The van der Waals surface area contributed by atoms with Crippen molar-refractivity contribution in [3.63, 3.8) is 0 Å². The van der Waals surface area contributed by atoms with Crippen LogP contribution in [0.3, 0.4) is 0 Å². The van der Waals surface area contributed by atoms with Gasteiger partial charge in [-0.1, -0.05) is 18.2 Å². The number of alkyl halides is 3. The number of aryl methyl sites for hydroxylation is 1. The summed E-state index contributed by atoms with van der Waals surface area (Å²) in [5.41, 5.74) is 0.910. The molecule has 2 aromatic carbocycles. The third-order valence-corrected chi connectivity index (χ3v) is 5.79. The number of hydrogen-bond acceptors (Lipinski definition) is 7. The molecule has 5 rings (SSSR count). The Hall–Kier alpha value is -5.21. The van der Waals surface area contributed by atoms with Crippen LogP contribution in [0, 0.1) is 5.82 Å². The number of hydrogen-bond donors (Lipinski definition) is 2. The van der Waals surface area contributed by atoms with Crippen molar-refractivity contribution in [2.45, 2.75) is 19.5 Å². The highest BCUT2D eigenvalue weighted by molar-refractivity contribution is 5.98. The molecule has 2 N–H and O–H groups in total. The molecule has 0 bridgehead atoms. The van der Waals surface area contributed by atoms with E-state index in [4.69, 9.17) is 4.42 Å². The molecule has 0 radical (unpaired) electrons. The summed E-state index contributed by atoms with van der Waals surface area (Å²) in [6.07, 6.45) is -4.06. The molecule has 0 aliphatic heterocycles. The maximum Gasteiger partial charge on any atom is 0.573 e. The molecule has 11 nitrogen and oxygen atoms in total. The molecule has 0 saturated heterocycles. The van der Waals surface area contributed by atoms with E-state index in [1.165, 1.54) is 23.7 Å². The number of benzene rings is 2. The zero-order chi connectivity index (χ0) is 28.6. The van der Waals surface area contributed by atoms with Crippen molar-refractivity contribution >= 4 is 28.6 Å². The number of carbonyl (C=O) groups excluding carboxylic acids is 2. The lowest BCUT2D eigenvalue weighted by molar-refractivity contribution is -0.274. The van der Waals surface area contributed by atoms with Crippen LogP contribution in [0.25, 0.3) is 16.7 Å². The number of rotatable bonds is 7. The van der Waals surface area contributed by atoms with Gasteiger partial charge >= 0.3 is 12.1 Å². The number of aromatic nitrogens is 4. The average Bonchev–Trinajstić information content (AvgIpc) is 3.42. The number of ether oxygens (including phenoxy) is 1. The van der Waals surface area contributed by atoms with Gasteiger partial charge in [0.15, 0.2) is 17.0 Å². The number of carbonyl (C=O) groups is 2. The molecule has 0 spiro atoms. The standard InChI is InChI=1S/C25H18F4N6O5/c1-34-18-8-14(5-6-20(18)39-24(34)38)11-30-22(36)17-9-19(35-21(33-17)16(26)12-32-35)23(37)31-10-13-3-2-4-15(7-13)40-25(27,28)29/h2-9,12H,10-11H2,1H3,(H,30,36)(H,31,37). The number of amides is 2. The minimum Gasteiger partial charge on any atom is -0.408 e. The fourth-order valence-electron chi connectivity index (χ4n) is 3.89. The zero-order valence-corrected chi connectivity index (χ0v) is 20.5. The quantitative estimate of drug-likeness (QED) is 0.294. The van der Waals surface area contributed by atoms with Gasteiger partial charge in [-0.05, 0) is 35.4 Å². The van der Waals surface area contributed by atoms with Crippen LogP contribution in [0.4, 0.5) is 17.6 Å². The Morgan fingerprint density at radius 2 is 1.75 bits per heavy atom. The van der Waals surface area contributed by atoms with Crippen LogP contribution in [0.15, 0.2) is 63.9 Å². The number of nitrogens with zero attached hydrogens (tertiary/aromatic N) is 4.